The molecular formula is C19H27ClO2. The van der Waals surface area contributed by atoms with Crippen LogP contribution >= 0.6 is 11.6 Å². The van der Waals surface area contributed by atoms with Crippen LogP contribution in [0.1, 0.15) is 55.4 Å². The number of benzene rings is 1. The van der Waals surface area contributed by atoms with E-state index in [0.717, 1.165) is 59.3 Å². The summed E-state index contributed by atoms with van der Waals surface area (Å²) in [5, 5.41) is 10.2. The third kappa shape index (κ3) is 3.12. The van der Waals surface area contributed by atoms with E-state index in [1.54, 1.807) is 0 Å². The first-order chi connectivity index (χ1) is 10.2. The Hall–Kier alpha value is -1.15. The number of fused-ring (bicyclic) bond motifs is 1. The summed E-state index contributed by atoms with van der Waals surface area (Å²) in [6, 6.07) is 0. The zero-order chi connectivity index (χ0) is 16.7. The zero-order valence-electron chi connectivity index (χ0n) is 14.3. The van der Waals surface area contributed by atoms with Crippen LogP contribution < -0.4 is 4.74 Å². The van der Waals surface area contributed by atoms with E-state index < -0.39 is 0 Å². The van der Waals surface area contributed by atoms with Gasteiger partial charge in [0.15, 0.2) is 0 Å². The molecule has 0 saturated carbocycles. The number of phenols is 1. The number of halogens is 1. The molecule has 0 aromatic heterocycles. The zero-order valence-corrected chi connectivity index (χ0v) is 15.1. The summed E-state index contributed by atoms with van der Waals surface area (Å²) in [6.45, 7) is 14.0. The van der Waals surface area contributed by atoms with E-state index >= 15 is 0 Å². The van der Waals surface area contributed by atoms with E-state index in [-0.39, 0.29) is 11.0 Å². The van der Waals surface area contributed by atoms with Crippen LogP contribution in [-0.4, -0.2) is 16.1 Å². The molecule has 1 aromatic carbocycles. The number of allylic oxidation sites excluding steroid dienone is 1. The minimum Gasteiger partial charge on any atom is -0.507 e. The predicted molar refractivity (Wildman–Crippen MR) is 93.4 cm³/mol. The van der Waals surface area contributed by atoms with Crippen LogP contribution in [0.3, 0.4) is 0 Å². The van der Waals surface area contributed by atoms with Gasteiger partial charge in [-0.25, -0.2) is 0 Å². The lowest BCUT2D eigenvalue weighted by molar-refractivity contribution is 0.0532. The maximum atomic E-state index is 10.2. The van der Waals surface area contributed by atoms with Crippen LogP contribution in [0.2, 0.25) is 0 Å². The first kappa shape index (κ1) is 17.2. The van der Waals surface area contributed by atoms with Crippen molar-refractivity contribution >= 4 is 11.6 Å². The second kappa shape index (κ2) is 6.16. The minimum atomic E-state index is -0.198. The lowest BCUT2D eigenvalue weighted by atomic mass is 9.84. The molecule has 0 aliphatic carbocycles. The van der Waals surface area contributed by atoms with Crippen molar-refractivity contribution in [3.63, 3.8) is 0 Å². The number of hydrogen-bond donors (Lipinski definition) is 1. The fraction of sp³-hybridized carbons (Fsp3) is 0.579. The number of phenolic OH excluding ortho intramolecular Hbond substituents is 1. The van der Waals surface area contributed by atoms with Gasteiger partial charge in [-0.1, -0.05) is 12.2 Å². The second-order valence-electron chi connectivity index (χ2n) is 6.94. The quantitative estimate of drug-likeness (QED) is 0.597. The predicted octanol–water partition coefficient (Wildman–Crippen LogP) is 5.36. The molecule has 2 rings (SSSR count). The summed E-state index contributed by atoms with van der Waals surface area (Å²) in [7, 11) is 0. The Morgan fingerprint density at radius 2 is 1.95 bits per heavy atom. The third-order valence-electron chi connectivity index (χ3n) is 5.05. The third-order valence-corrected chi connectivity index (χ3v) is 5.64. The van der Waals surface area contributed by atoms with Crippen LogP contribution in [-0.2, 0) is 6.42 Å². The molecule has 122 valence electrons. The standard InChI is InChI=1S/C19H27ClO2/c1-11(2)16(20)8-10-19(6)9-7-15-14(5)17(21)12(3)13(4)18(15)22-19/h16,21H,1,7-10H2,2-6H3. The molecule has 22 heavy (non-hydrogen) atoms. The Morgan fingerprint density at radius 3 is 2.55 bits per heavy atom. The molecule has 1 aliphatic heterocycles. The molecule has 1 aromatic rings. The highest BCUT2D eigenvalue weighted by Crippen LogP contribution is 2.44. The average Bonchev–Trinajstić information content (AvgIpc) is 2.48. The Kier molecular flexibility index (Phi) is 4.81. The lowest BCUT2D eigenvalue weighted by Gasteiger charge is -2.38. The molecule has 0 bridgehead atoms. The van der Waals surface area contributed by atoms with Crippen molar-refractivity contribution in [2.45, 2.75) is 71.3 Å². The summed E-state index contributed by atoms with van der Waals surface area (Å²) >= 11 is 6.31. The van der Waals surface area contributed by atoms with E-state index in [0.29, 0.717) is 5.75 Å². The first-order valence-corrected chi connectivity index (χ1v) is 8.40. The SMILES string of the molecule is C=C(C)C(Cl)CCC1(C)CCc2c(C)c(O)c(C)c(C)c2O1. The number of aromatic hydroxyl groups is 1. The highest BCUT2D eigenvalue weighted by Gasteiger charge is 2.34. The number of hydrogen-bond acceptors (Lipinski definition) is 2. The van der Waals surface area contributed by atoms with Crippen molar-refractivity contribution in [1.82, 2.24) is 0 Å². The van der Waals surface area contributed by atoms with Crippen molar-refractivity contribution in [2.75, 3.05) is 0 Å². The van der Waals surface area contributed by atoms with Crippen LogP contribution in [0, 0.1) is 20.8 Å². The second-order valence-corrected chi connectivity index (χ2v) is 7.46. The fourth-order valence-electron chi connectivity index (χ4n) is 3.15. The molecule has 0 fully saturated rings. The fourth-order valence-corrected chi connectivity index (χ4v) is 3.26. The van der Waals surface area contributed by atoms with Gasteiger partial charge in [0.05, 0.1) is 5.38 Å². The molecule has 0 amide bonds. The molecule has 1 N–H and O–H groups in total. The smallest absolute Gasteiger partial charge is 0.127 e. The van der Waals surface area contributed by atoms with Crippen molar-refractivity contribution in [1.29, 1.82) is 0 Å². The van der Waals surface area contributed by atoms with E-state index in [2.05, 4.69) is 13.5 Å². The van der Waals surface area contributed by atoms with Gasteiger partial charge in [0.25, 0.3) is 0 Å². The maximum absolute atomic E-state index is 10.2. The monoisotopic (exact) mass is 322 g/mol. The topological polar surface area (TPSA) is 29.5 Å². The lowest BCUT2D eigenvalue weighted by Crippen LogP contribution is -2.37. The van der Waals surface area contributed by atoms with E-state index in [1.165, 1.54) is 0 Å². The molecule has 2 atom stereocenters. The first-order valence-electron chi connectivity index (χ1n) is 7.96. The van der Waals surface area contributed by atoms with Gasteiger partial charge in [-0.2, -0.15) is 0 Å². The van der Waals surface area contributed by atoms with E-state index in [9.17, 15) is 5.11 Å². The summed E-state index contributed by atoms with van der Waals surface area (Å²) in [5.41, 5.74) is 4.88. The van der Waals surface area contributed by atoms with Gasteiger partial charge in [0, 0.05) is 5.56 Å². The Labute approximate surface area is 139 Å². The minimum absolute atomic E-state index is 0.00575. The molecule has 0 spiro atoms. The number of alkyl halides is 1. The highest BCUT2D eigenvalue weighted by molar-refractivity contribution is 6.22. The van der Waals surface area contributed by atoms with Crippen molar-refractivity contribution in [3.05, 3.63) is 34.4 Å². The molecule has 1 heterocycles. The highest BCUT2D eigenvalue weighted by atomic mass is 35.5. The van der Waals surface area contributed by atoms with Crippen molar-refractivity contribution in [3.8, 4) is 11.5 Å². The average molecular weight is 323 g/mol. The van der Waals surface area contributed by atoms with Gasteiger partial charge in [-0.3, -0.25) is 0 Å². The van der Waals surface area contributed by atoms with Gasteiger partial charge in [-0.15, -0.1) is 11.6 Å². The number of ether oxygens (including phenoxy) is 1. The molecule has 0 radical (unpaired) electrons. The van der Waals surface area contributed by atoms with Crippen molar-refractivity contribution < 1.29 is 9.84 Å². The van der Waals surface area contributed by atoms with Gasteiger partial charge in [0.2, 0.25) is 0 Å². The van der Waals surface area contributed by atoms with E-state index in [4.69, 9.17) is 16.3 Å². The van der Waals surface area contributed by atoms with Gasteiger partial charge >= 0.3 is 0 Å². The molecule has 2 nitrogen and oxygen atoms in total. The van der Waals surface area contributed by atoms with Crippen LogP contribution in [0.15, 0.2) is 12.2 Å². The summed E-state index contributed by atoms with van der Waals surface area (Å²) in [4.78, 5) is 0. The van der Waals surface area contributed by atoms with E-state index in [1.807, 2.05) is 27.7 Å². The largest absolute Gasteiger partial charge is 0.507 e. The van der Waals surface area contributed by atoms with Gasteiger partial charge in [-0.05, 0) is 77.0 Å². The normalized spacial score (nSPS) is 21.9. The van der Waals surface area contributed by atoms with Crippen LogP contribution in [0.4, 0.5) is 0 Å². The molecule has 1 aliphatic rings. The van der Waals surface area contributed by atoms with Gasteiger partial charge in [0.1, 0.15) is 17.1 Å². The Bertz CT molecular complexity index is 606. The number of rotatable bonds is 4. The van der Waals surface area contributed by atoms with Gasteiger partial charge < -0.3 is 9.84 Å². The summed E-state index contributed by atoms with van der Waals surface area (Å²) in [5.74, 6) is 1.37. The molecule has 2 unspecified atom stereocenters. The molecule has 0 saturated heterocycles. The van der Waals surface area contributed by atoms with Crippen LogP contribution in [0.5, 0.6) is 11.5 Å². The Balaban J connectivity index is 2.26. The Morgan fingerprint density at radius 1 is 1.32 bits per heavy atom. The van der Waals surface area contributed by atoms with Crippen LogP contribution in [0.25, 0.3) is 0 Å². The summed E-state index contributed by atoms with van der Waals surface area (Å²) < 4.78 is 6.40. The molecular weight excluding hydrogens is 296 g/mol. The molecule has 3 heteroatoms. The van der Waals surface area contributed by atoms with Crippen molar-refractivity contribution in [2.24, 2.45) is 0 Å². The summed E-state index contributed by atoms with van der Waals surface area (Å²) in [6.07, 6.45) is 3.67. The maximum Gasteiger partial charge on any atom is 0.127 e.